The van der Waals surface area contributed by atoms with E-state index >= 15 is 0 Å². The molecule has 0 saturated carbocycles. The SMILES string of the molecule is CC(Sc1ccc(Cl)cc1)C(=O)NCc1ccccc1S(=O)(=O)NC(C)(C)C. The number of rotatable bonds is 7. The molecule has 0 aliphatic carbocycles. The van der Waals surface area contributed by atoms with Crippen molar-refractivity contribution >= 4 is 39.3 Å². The van der Waals surface area contributed by atoms with Gasteiger partial charge in [-0.05, 0) is 63.6 Å². The quantitative estimate of drug-likeness (QED) is 0.632. The molecule has 8 heteroatoms. The second kappa shape index (κ2) is 9.31. The van der Waals surface area contributed by atoms with Gasteiger partial charge in [-0.1, -0.05) is 29.8 Å². The van der Waals surface area contributed by atoms with Gasteiger partial charge in [-0.3, -0.25) is 4.79 Å². The summed E-state index contributed by atoms with van der Waals surface area (Å²) in [6.07, 6.45) is 0. The van der Waals surface area contributed by atoms with Crippen LogP contribution in [-0.2, 0) is 21.4 Å². The lowest BCUT2D eigenvalue weighted by Crippen LogP contribution is -2.41. The van der Waals surface area contributed by atoms with Crippen molar-refractivity contribution in [2.24, 2.45) is 0 Å². The van der Waals surface area contributed by atoms with Crippen LogP contribution in [0.3, 0.4) is 0 Å². The molecule has 1 unspecified atom stereocenters. The molecular weight excluding hydrogens is 416 g/mol. The highest BCUT2D eigenvalue weighted by atomic mass is 35.5. The number of carbonyl (C=O) groups is 1. The third-order valence-corrected chi connectivity index (χ3v) is 6.87. The number of hydrogen-bond acceptors (Lipinski definition) is 4. The lowest BCUT2D eigenvalue weighted by atomic mass is 10.1. The minimum absolute atomic E-state index is 0.131. The number of carbonyl (C=O) groups excluding carboxylic acids is 1. The van der Waals surface area contributed by atoms with Gasteiger partial charge in [-0.15, -0.1) is 11.8 Å². The lowest BCUT2D eigenvalue weighted by Gasteiger charge is -2.21. The van der Waals surface area contributed by atoms with Crippen LogP contribution in [0.25, 0.3) is 0 Å². The van der Waals surface area contributed by atoms with E-state index in [1.54, 1.807) is 64.1 Å². The van der Waals surface area contributed by atoms with Crippen molar-refractivity contribution in [2.45, 2.75) is 54.8 Å². The van der Waals surface area contributed by atoms with E-state index < -0.39 is 15.6 Å². The third kappa shape index (κ3) is 6.81. The zero-order valence-corrected chi connectivity index (χ0v) is 18.7. The normalized spacial score (nSPS) is 13.2. The number of amides is 1. The molecule has 1 amide bonds. The Hall–Kier alpha value is -1.54. The number of nitrogens with one attached hydrogen (secondary N) is 2. The molecular formula is C20H25ClN2O3S2. The molecule has 5 nitrogen and oxygen atoms in total. The summed E-state index contributed by atoms with van der Waals surface area (Å²) >= 11 is 7.29. The van der Waals surface area contributed by atoms with Crippen molar-refractivity contribution in [3.05, 3.63) is 59.1 Å². The zero-order chi connectivity index (χ0) is 20.9. The van der Waals surface area contributed by atoms with Crippen molar-refractivity contribution in [1.82, 2.24) is 10.0 Å². The molecule has 0 aliphatic heterocycles. The fourth-order valence-corrected chi connectivity index (χ4v) is 5.14. The van der Waals surface area contributed by atoms with Crippen LogP contribution in [0.5, 0.6) is 0 Å². The number of thioether (sulfide) groups is 1. The maximum absolute atomic E-state index is 12.7. The monoisotopic (exact) mass is 440 g/mol. The van der Waals surface area contributed by atoms with Gasteiger partial charge in [-0.2, -0.15) is 0 Å². The number of halogens is 1. The van der Waals surface area contributed by atoms with E-state index in [4.69, 9.17) is 11.6 Å². The van der Waals surface area contributed by atoms with Crippen molar-refractivity contribution < 1.29 is 13.2 Å². The maximum Gasteiger partial charge on any atom is 0.241 e. The Morgan fingerprint density at radius 3 is 2.32 bits per heavy atom. The molecule has 2 aromatic carbocycles. The van der Waals surface area contributed by atoms with Gasteiger partial charge >= 0.3 is 0 Å². The molecule has 152 valence electrons. The van der Waals surface area contributed by atoms with Gasteiger partial charge < -0.3 is 5.32 Å². The van der Waals surface area contributed by atoms with Crippen LogP contribution in [0, 0.1) is 0 Å². The van der Waals surface area contributed by atoms with Crippen LogP contribution in [0.2, 0.25) is 5.02 Å². The topological polar surface area (TPSA) is 75.3 Å². The van der Waals surface area contributed by atoms with Crippen LogP contribution in [0.15, 0.2) is 58.3 Å². The first kappa shape index (κ1) is 22.7. The highest BCUT2D eigenvalue weighted by Crippen LogP contribution is 2.25. The summed E-state index contributed by atoms with van der Waals surface area (Å²) in [5, 5.41) is 3.13. The first-order valence-corrected chi connectivity index (χ1v) is 11.5. The summed E-state index contributed by atoms with van der Waals surface area (Å²) in [5.41, 5.74) is -0.0601. The fourth-order valence-electron chi connectivity index (χ4n) is 2.47. The second-order valence-electron chi connectivity index (χ2n) is 7.40. The van der Waals surface area contributed by atoms with E-state index in [-0.39, 0.29) is 22.6 Å². The Kier molecular flexibility index (Phi) is 7.56. The molecule has 0 aromatic heterocycles. The van der Waals surface area contributed by atoms with Gasteiger partial charge in [0.05, 0.1) is 10.1 Å². The summed E-state index contributed by atoms with van der Waals surface area (Å²) in [4.78, 5) is 13.6. The van der Waals surface area contributed by atoms with E-state index in [0.717, 1.165) is 4.90 Å². The average molecular weight is 441 g/mol. The highest BCUT2D eigenvalue weighted by Gasteiger charge is 2.24. The molecule has 2 aromatic rings. The summed E-state index contributed by atoms with van der Waals surface area (Å²) < 4.78 is 28.0. The van der Waals surface area contributed by atoms with Gasteiger partial charge in [0.1, 0.15) is 0 Å². The van der Waals surface area contributed by atoms with Crippen LogP contribution < -0.4 is 10.0 Å². The predicted octanol–water partition coefficient (Wildman–Crippen LogP) is 4.21. The molecule has 0 bridgehead atoms. The molecule has 2 rings (SSSR count). The molecule has 0 spiro atoms. The minimum atomic E-state index is -3.69. The van der Waals surface area contributed by atoms with Crippen LogP contribution >= 0.6 is 23.4 Å². The second-order valence-corrected chi connectivity index (χ2v) is 10.9. The van der Waals surface area contributed by atoms with Crippen LogP contribution in [0.4, 0.5) is 0 Å². The lowest BCUT2D eigenvalue weighted by molar-refractivity contribution is -0.120. The first-order chi connectivity index (χ1) is 13.0. The minimum Gasteiger partial charge on any atom is -0.351 e. The Morgan fingerprint density at radius 2 is 1.71 bits per heavy atom. The van der Waals surface area contributed by atoms with Crippen LogP contribution in [0.1, 0.15) is 33.3 Å². The Balaban J connectivity index is 2.06. The molecule has 1 atom stereocenters. The molecule has 0 radical (unpaired) electrons. The number of sulfonamides is 1. The van der Waals surface area contributed by atoms with Crippen molar-refractivity contribution in [3.63, 3.8) is 0 Å². The summed E-state index contributed by atoms with van der Waals surface area (Å²) in [6.45, 7) is 7.28. The van der Waals surface area contributed by atoms with Gasteiger partial charge in [0.25, 0.3) is 0 Å². The number of hydrogen-bond donors (Lipinski definition) is 2. The molecule has 0 fully saturated rings. The van der Waals surface area contributed by atoms with Crippen molar-refractivity contribution in [2.75, 3.05) is 0 Å². The average Bonchev–Trinajstić information content (AvgIpc) is 2.59. The summed E-state index contributed by atoms with van der Waals surface area (Å²) in [6, 6.07) is 13.9. The molecule has 2 N–H and O–H groups in total. The Morgan fingerprint density at radius 1 is 1.11 bits per heavy atom. The van der Waals surface area contributed by atoms with Gasteiger partial charge in [0, 0.05) is 22.0 Å². The van der Waals surface area contributed by atoms with Gasteiger partial charge in [-0.25, -0.2) is 13.1 Å². The third-order valence-electron chi connectivity index (χ3n) is 3.65. The van der Waals surface area contributed by atoms with E-state index in [2.05, 4.69) is 10.0 Å². The Bertz CT molecular complexity index is 923. The summed E-state index contributed by atoms with van der Waals surface area (Å²) in [7, 11) is -3.69. The number of benzene rings is 2. The Labute approximate surface area is 176 Å². The predicted molar refractivity (Wildman–Crippen MR) is 115 cm³/mol. The summed E-state index contributed by atoms with van der Waals surface area (Å²) in [5.74, 6) is -0.170. The molecule has 0 aliphatic rings. The largest absolute Gasteiger partial charge is 0.351 e. The molecule has 0 heterocycles. The van der Waals surface area contributed by atoms with E-state index in [0.29, 0.717) is 10.6 Å². The van der Waals surface area contributed by atoms with E-state index in [1.165, 1.54) is 11.8 Å². The van der Waals surface area contributed by atoms with Crippen molar-refractivity contribution in [1.29, 1.82) is 0 Å². The van der Waals surface area contributed by atoms with Gasteiger partial charge in [0.2, 0.25) is 15.9 Å². The smallest absolute Gasteiger partial charge is 0.241 e. The first-order valence-electron chi connectivity index (χ1n) is 8.80. The van der Waals surface area contributed by atoms with Crippen molar-refractivity contribution in [3.8, 4) is 0 Å². The molecule has 0 saturated heterocycles. The zero-order valence-electron chi connectivity index (χ0n) is 16.3. The van der Waals surface area contributed by atoms with E-state index in [9.17, 15) is 13.2 Å². The van der Waals surface area contributed by atoms with Crippen LogP contribution in [-0.4, -0.2) is 25.1 Å². The van der Waals surface area contributed by atoms with Gasteiger partial charge in [0.15, 0.2) is 0 Å². The fraction of sp³-hybridized carbons (Fsp3) is 0.350. The molecule has 28 heavy (non-hydrogen) atoms. The standard InChI is InChI=1S/C20H25ClN2O3S2/c1-14(27-17-11-9-16(21)10-12-17)19(24)22-13-15-7-5-6-8-18(15)28(25,26)23-20(2,3)4/h5-12,14,23H,13H2,1-4H3,(H,22,24). The highest BCUT2D eigenvalue weighted by molar-refractivity contribution is 8.00. The maximum atomic E-state index is 12.7. The van der Waals surface area contributed by atoms with E-state index in [1.807, 2.05) is 12.1 Å².